The third-order valence-electron chi connectivity index (χ3n) is 7.16. The van der Waals surface area contributed by atoms with Crippen LogP contribution in [0.5, 0.6) is 5.75 Å². The fraction of sp³-hybridized carbons (Fsp3) is 0.207. The van der Waals surface area contributed by atoms with Gasteiger partial charge in [0, 0.05) is 53.6 Å². The van der Waals surface area contributed by atoms with E-state index in [9.17, 15) is 22.8 Å². The van der Waals surface area contributed by atoms with Gasteiger partial charge in [-0.25, -0.2) is 17.6 Å². The summed E-state index contributed by atoms with van der Waals surface area (Å²) in [6.07, 6.45) is 2.14. The molecule has 9 heteroatoms. The number of ether oxygens (including phenoxy) is 1. The highest BCUT2D eigenvalue weighted by atomic mass is 19.2. The van der Waals surface area contributed by atoms with Gasteiger partial charge in [0.15, 0.2) is 11.6 Å². The van der Waals surface area contributed by atoms with E-state index in [0.29, 0.717) is 41.9 Å². The second kappa shape index (κ2) is 9.24. The maximum absolute atomic E-state index is 15.1. The topological polar surface area (TPSA) is 68.3 Å². The molecule has 1 N–H and O–H groups in total. The van der Waals surface area contributed by atoms with Gasteiger partial charge in [-0.2, -0.15) is 0 Å². The van der Waals surface area contributed by atoms with Crippen LogP contribution in [0.25, 0.3) is 22.0 Å². The molecule has 4 aromatic rings. The van der Waals surface area contributed by atoms with Gasteiger partial charge in [0.2, 0.25) is 0 Å². The van der Waals surface area contributed by atoms with Gasteiger partial charge >= 0.3 is 0 Å². The van der Waals surface area contributed by atoms with Crippen LogP contribution in [0.1, 0.15) is 52.7 Å². The van der Waals surface area contributed by atoms with E-state index in [0.717, 1.165) is 11.6 Å². The van der Waals surface area contributed by atoms with Crippen LogP contribution in [0.2, 0.25) is 0 Å². The predicted molar refractivity (Wildman–Crippen MR) is 131 cm³/mol. The van der Waals surface area contributed by atoms with E-state index in [1.54, 1.807) is 0 Å². The number of hydrogen-bond donors (Lipinski definition) is 1. The van der Waals surface area contributed by atoms with Crippen molar-refractivity contribution in [2.24, 2.45) is 0 Å². The lowest BCUT2D eigenvalue weighted by atomic mass is 9.75. The van der Waals surface area contributed by atoms with E-state index in [-0.39, 0.29) is 41.7 Å². The number of carbonyl (C=O) groups is 2. The summed E-state index contributed by atoms with van der Waals surface area (Å²) in [5.41, 5.74) is 0.388. The summed E-state index contributed by atoms with van der Waals surface area (Å²) in [6.45, 7) is 0.417. The number of halogens is 4. The van der Waals surface area contributed by atoms with Crippen molar-refractivity contribution in [3.63, 3.8) is 0 Å². The minimum Gasteiger partial charge on any atom is -0.493 e. The third kappa shape index (κ3) is 3.98. The lowest BCUT2D eigenvalue weighted by Crippen LogP contribution is -2.34. The van der Waals surface area contributed by atoms with Crippen LogP contribution in [0.15, 0.2) is 54.7 Å². The Hall–Kier alpha value is -4.27. The summed E-state index contributed by atoms with van der Waals surface area (Å²) in [5.74, 6) is -4.99. The number of Topliss-reactive ketones (excluding diaryl/α,β-unsaturated/α-hetero) is 1. The number of benzene rings is 3. The quantitative estimate of drug-likeness (QED) is 0.259. The van der Waals surface area contributed by atoms with E-state index >= 15 is 4.39 Å². The molecule has 38 heavy (non-hydrogen) atoms. The lowest BCUT2D eigenvalue weighted by molar-refractivity contribution is -0.124. The summed E-state index contributed by atoms with van der Waals surface area (Å²) in [4.78, 5) is 29.7. The molecule has 1 aliphatic heterocycles. The maximum atomic E-state index is 15.1. The molecule has 0 saturated heterocycles. The van der Waals surface area contributed by atoms with Crippen LogP contribution < -0.4 is 10.1 Å². The number of pyridine rings is 1. The molecule has 3 aromatic carbocycles. The molecule has 0 spiro atoms. The average molecular weight is 520 g/mol. The molecule has 1 aromatic heterocycles. The van der Waals surface area contributed by atoms with Gasteiger partial charge in [0.25, 0.3) is 5.91 Å². The normalized spacial score (nSPS) is 17.1. The van der Waals surface area contributed by atoms with E-state index in [1.165, 1.54) is 12.3 Å². The first-order chi connectivity index (χ1) is 18.3. The maximum Gasteiger partial charge on any atom is 0.253 e. The van der Waals surface area contributed by atoms with E-state index in [4.69, 9.17) is 4.74 Å². The van der Waals surface area contributed by atoms with Gasteiger partial charge in [-0.1, -0.05) is 18.2 Å². The third-order valence-corrected chi connectivity index (χ3v) is 7.16. The van der Waals surface area contributed by atoms with Gasteiger partial charge in [-0.15, -0.1) is 0 Å². The Morgan fingerprint density at radius 1 is 1.00 bits per heavy atom. The van der Waals surface area contributed by atoms with Crippen LogP contribution >= 0.6 is 0 Å². The number of nitrogens with zero attached hydrogens (tertiary/aromatic N) is 1. The molecule has 1 fully saturated rings. The van der Waals surface area contributed by atoms with Crippen LogP contribution in [0.4, 0.5) is 17.6 Å². The second-order valence-corrected chi connectivity index (χ2v) is 9.50. The Bertz CT molecular complexity index is 1630. The summed E-state index contributed by atoms with van der Waals surface area (Å²) >= 11 is 0. The number of aromatic nitrogens is 1. The van der Waals surface area contributed by atoms with Gasteiger partial charge in [0.1, 0.15) is 23.2 Å². The first-order valence-electron chi connectivity index (χ1n) is 12.1. The first kappa shape index (κ1) is 24.1. The van der Waals surface area contributed by atoms with Crippen molar-refractivity contribution in [2.75, 3.05) is 6.61 Å². The highest BCUT2D eigenvalue weighted by Gasteiger charge is 2.34. The summed E-state index contributed by atoms with van der Waals surface area (Å²) < 4.78 is 63.4. The molecule has 1 amide bonds. The van der Waals surface area contributed by atoms with Crippen molar-refractivity contribution < 1.29 is 31.9 Å². The number of para-hydroxylation sites is 1. The van der Waals surface area contributed by atoms with Crippen molar-refractivity contribution in [1.82, 2.24) is 10.3 Å². The Labute approximate surface area is 214 Å². The van der Waals surface area contributed by atoms with Gasteiger partial charge in [0.05, 0.1) is 23.7 Å². The van der Waals surface area contributed by atoms with Crippen LogP contribution in [0, 0.1) is 23.3 Å². The number of hydrogen-bond acceptors (Lipinski definition) is 4. The zero-order valence-electron chi connectivity index (χ0n) is 19.9. The van der Waals surface area contributed by atoms with Crippen molar-refractivity contribution in [1.29, 1.82) is 0 Å². The molecular formula is C29H20F4N2O3. The summed E-state index contributed by atoms with van der Waals surface area (Å²) in [6, 6.07) is 10.6. The zero-order chi connectivity index (χ0) is 26.6. The number of fused-ring (bicyclic) bond motifs is 2. The largest absolute Gasteiger partial charge is 0.493 e. The Kier molecular flexibility index (Phi) is 5.86. The molecule has 6 rings (SSSR count). The predicted octanol–water partition coefficient (Wildman–Crippen LogP) is 6.16. The molecule has 0 radical (unpaired) electrons. The number of nitrogens with one attached hydrogen (secondary N) is 1. The van der Waals surface area contributed by atoms with E-state index in [1.807, 2.05) is 24.3 Å². The van der Waals surface area contributed by atoms with Crippen molar-refractivity contribution in [3.05, 3.63) is 94.7 Å². The molecule has 5 nitrogen and oxygen atoms in total. The fourth-order valence-corrected chi connectivity index (χ4v) is 5.30. The number of rotatable bonds is 4. The second-order valence-electron chi connectivity index (χ2n) is 9.50. The van der Waals surface area contributed by atoms with Crippen molar-refractivity contribution in [3.8, 4) is 16.9 Å². The minimum atomic E-state index is -1.46. The number of ketones is 1. The van der Waals surface area contributed by atoms with Crippen molar-refractivity contribution >= 4 is 22.6 Å². The highest BCUT2D eigenvalue weighted by molar-refractivity contribution is 6.05. The Balaban J connectivity index is 1.49. The lowest BCUT2D eigenvalue weighted by Gasteiger charge is -2.30. The smallest absolute Gasteiger partial charge is 0.253 e. The molecule has 1 atom stereocenters. The molecule has 2 aliphatic rings. The van der Waals surface area contributed by atoms with Crippen LogP contribution in [-0.2, 0) is 4.79 Å². The molecule has 0 bridgehead atoms. The van der Waals surface area contributed by atoms with Gasteiger partial charge in [-0.05, 0) is 35.7 Å². The zero-order valence-corrected chi connectivity index (χ0v) is 19.9. The van der Waals surface area contributed by atoms with Crippen LogP contribution in [0.3, 0.4) is 0 Å². The number of carbonyl (C=O) groups excluding carboxylic acids is 2. The monoisotopic (exact) mass is 520 g/mol. The van der Waals surface area contributed by atoms with E-state index < -0.39 is 40.3 Å². The average Bonchev–Trinajstić information content (AvgIpc) is 2.88. The van der Waals surface area contributed by atoms with E-state index in [2.05, 4.69) is 10.3 Å². The summed E-state index contributed by atoms with van der Waals surface area (Å²) in [5, 5.41) is 3.32. The molecule has 1 saturated carbocycles. The molecule has 0 unspecified atom stereocenters. The minimum absolute atomic E-state index is 0.00487. The molecule has 1 aliphatic carbocycles. The van der Waals surface area contributed by atoms with Gasteiger partial charge in [-0.3, -0.25) is 14.6 Å². The van der Waals surface area contributed by atoms with Crippen LogP contribution in [-0.4, -0.2) is 23.3 Å². The first-order valence-corrected chi connectivity index (χ1v) is 12.1. The number of amides is 1. The van der Waals surface area contributed by atoms with Gasteiger partial charge < -0.3 is 10.1 Å². The molecule has 2 heterocycles. The van der Waals surface area contributed by atoms with Crippen molar-refractivity contribution in [2.45, 2.75) is 31.2 Å². The Morgan fingerprint density at radius 3 is 2.58 bits per heavy atom. The SMILES string of the molecule is O=C1CC(c2c(C(=O)N[C@H]3CCOc4ccccc43)cnc3c(-c4cc(F)cc(F)c4F)c(F)ccc23)C1. The molecular weight excluding hydrogens is 500 g/mol. The highest BCUT2D eigenvalue weighted by Crippen LogP contribution is 2.43. The molecule has 192 valence electrons. The Morgan fingerprint density at radius 2 is 1.79 bits per heavy atom. The fourth-order valence-electron chi connectivity index (χ4n) is 5.30. The standard InChI is InChI=1S/C29H20F4N2O3/c30-15-11-19(27(33)22(32)12-15)26-21(31)6-5-18-25(14-9-16(36)10-14)20(13-34-28(18)26)29(37)35-23-7-8-38-24-4-2-1-3-17(23)24/h1-6,11-14,23H,7-10H2,(H,35,37)/t23-/m0/s1. The summed E-state index contributed by atoms with van der Waals surface area (Å²) in [7, 11) is 0.